The van der Waals surface area contributed by atoms with E-state index in [1.807, 2.05) is 0 Å². The second-order valence-corrected chi connectivity index (χ2v) is 5.83. The number of hydrogen-bond acceptors (Lipinski definition) is 2. The SMILES string of the molecule is c1ccc(CCc2cccc(CN3CCNCC3)c2)cc1. The number of aryl methyl sites for hydroxylation is 2. The van der Waals surface area contributed by atoms with Gasteiger partial charge in [-0.05, 0) is 29.5 Å². The lowest BCUT2D eigenvalue weighted by atomic mass is 10.0. The van der Waals surface area contributed by atoms with E-state index in [9.17, 15) is 0 Å². The second kappa shape index (κ2) is 7.39. The Hall–Kier alpha value is -1.64. The Morgan fingerprint density at radius 3 is 2.24 bits per heavy atom. The van der Waals surface area contributed by atoms with Crippen molar-refractivity contribution in [3.8, 4) is 0 Å². The summed E-state index contributed by atoms with van der Waals surface area (Å²) in [7, 11) is 0. The summed E-state index contributed by atoms with van der Waals surface area (Å²) >= 11 is 0. The molecular weight excluding hydrogens is 256 g/mol. The molecule has 0 aliphatic carbocycles. The average Bonchev–Trinajstić information content (AvgIpc) is 2.55. The van der Waals surface area contributed by atoms with Crippen LogP contribution in [0.5, 0.6) is 0 Å². The van der Waals surface area contributed by atoms with Gasteiger partial charge in [-0.15, -0.1) is 0 Å². The van der Waals surface area contributed by atoms with Crippen LogP contribution < -0.4 is 5.32 Å². The fourth-order valence-electron chi connectivity index (χ4n) is 2.94. The van der Waals surface area contributed by atoms with Crippen LogP contribution in [0, 0.1) is 0 Å². The number of nitrogens with zero attached hydrogens (tertiary/aromatic N) is 1. The van der Waals surface area contributed by atoms with Crippen LogP contribution in [-0.2, 0) is 19.4 Å². The molecule has 0 radical (unpaired) electrons. The summed E-state index contributed by atoms with van der Waals surface area (Å²) in [6.07, 6.45) is 2.25. The van der Waals surface area contributed by atoms with Crippen LogP contribution in [0.25, 0.3) is 0 Å². The Kier molecular flexibility index (Phi) is 5.03. The first kappa shape index (κ1) is 14.3. The van der Waals surface area contributed by atoms with Gasteiger partial charge in [0.25, 0.3) is 0 Å². The fraction of sp³-hybridized carbons (Fsp3) is 0.368. The Morgan fingerprint density at radius 2 is 1.43 bits per heavy atom. The topological polar surface area (TPSA) is 15.3 Å². The number of rotatable bonds is 5. The molecule has 0 bridgehead atoms. The number of piperazine rings is 1. The number of benzene rings is 2. The predicted molar refractivity (Wildman–Crippen MR) is 88.4 cm³/mol. The van der Waals surface area contributed by atoms with E-state index in [1.165, 1.54) is 16.7 Å². The first-order valence-corrected chi connectivity index (χ1v) is 7.95. The fourth-order valence-corrected chi connectivity index (χ4v) is 2.94. The van der Waals surface area contributed by atoms with Crippen molar-refractivity contribution in [3.63, 3.8) is 0 Å². The van der Waals surface area contributed by atoms with E-state index >= 15 is 0 Å². The van der Waals surface area contributed by atoms with E-state index in [-0.39, 0.29) is 0 Å². The molecule has 2 nitrogen and oxygen atoms in total. The minimum atomic E-state index is 1.08. The van der Waals surface area contributed by atoms with Crippen molar-refractivity contribution in [1.82, 2.24) is 10.2 Å². The molecule has 1 saturated heterocycles. The predicted octanol–water partition coefficient (Wildman–Crippen LogP) is 2.88. The summed E-state index contributed by atoms with van der Waals surface area (Å²) in [5.74, 6) is 0. The monoisotopic (exact) mass is 280 g/mol. The maximum absolute atomic E-state index is 3.41. The highest BCUT2D eigenvalue weighted by Gasteiger charge is 2.09. The van der Waals surface area contributed by atoms with E-state index < -0.39 is 0 Å². The zero-order valence-corrected chi connectivity index (χ0v) is 12.6. The lowest BCUT2D eigenvalue weighted by Gasteiger charge is -2.27. The van der Waals surface area contributed by atoms with Crippen molar-refractivity contribution in [1.29, 1.82) is 0 Å². The zero-order valence-electron chi connectivity index (χ0n) is 12.6. The van der Waals surface area contributed by atoms with Gasteiger partial charge in [0.2, 0.25) is 0 Å². The van der Waals surface area contributed by atoms with Crippen molar-refractivity contribution < 1.29 is 0 Å². The van der Waals surface area contributed by atoms with Crippen LogP contribution in [0.1, 0.15) is 16.7 Å². The van der Waals surface area contributed by atoms with Crippen molar-refractivity contribution in [2.24, 2.45) is 0 Å². The maximum Gasteiger partial charge on any atom is 0.0234 e. The van der Waals surface area contributed by atoms with Gasteiger partial charge in [0, 0.05) is 32.7 Å². The van der Waals surface area contributed by atoms with E-state index in [0.29, 0.717) is 0 Å². The molecule has 1 aliphatic heterocycles. The van der Waals surface area contributed by atoms with Crippen molar-refractivity contribution in [2.45, 2.75) is 19.4 Å². The average molecular weight is 280 g/mol. The standard InChI is InChI=1S/C19H24N2/c1-2-5-17(6-3-1)9-10-18-7-4-8-19(15-18)16-21-13-11-20-12-14-21/h1-8,15,20H,9-14,16H2. The highest BCUT2D eigenvalue weighted by atomic mass is 15.2. The lowest BCUT2D eigenvalue weighted by Crippen LogP contribution is -2.42. The Bertz CT molecular complexity index is 545. The molecule has 1 aliphatic rings. The normalized spacial score (nSPS) is 16.0. The van der Waals surface area contributed by atoms with Gasteiger partial charge >= 0.3 is 0 Å². The van der Waals surface area contributed by atoms with Crippen LogP contribution in [0.3, 0.4) is 0 Å². The van der Waals surface area contributed by atoms with Crippen LogP contribution >= 0.6 is 0 Å². The van der Waals surface area contributed by atoms with Gasteiger partial charge in [0.1, 0.15) is 0 Å². The van der Waals surface area contributed by atoms with Crippen molar-refractivity contribution in [2.75, 3.05) is 26.2 Å². The Balaban J connectivity index is 1.57. The highest BCUT2D eigenvalue weighted by molar-refractivity contribution is 5.25. The molecule has 3 rings (SSSR count). The van der Waals surface area contributed by atoms with E-state index in [0.717, 1.165) is 45.6 Å². The lowest BCUT2D eigenvalue weighted by molar-refractivity contribution is 0.233. The third kappa shape index (κ3) is 4.42. The van der Waals surface area contributed by atoms with Crippen molar-refractivity contribution in [3.05, 3.63) is 71.3 Å². The summed E-state index contributed by atoms with van der Waals surface area (Å²) in [6, 6.07) is 19.8. The molecule has 0 unspecified atom stereocenters. The summed E-state index contributed by atoms with van der Waals surface area (Å²) in [4.78, 5) is 2.53. The molecule has 0 amide bonds. The summed E-state index contributed by atoms with van der Waals surface area (Å²) in [6.45, 7) is 5.64. The number of nitrogens with one attached hydrogen (secondary N) is 1. The molecule has 0 atom stereocenters. The summed E-state index contributed by atoms with van der Waals surface area (Å²) < 4.78 is 0. The smallest absolute Gasteiger partial charge is 0.0234 e. The quantitative estimate of drug-likeness (QED) is 0.906. The second-order valence-electron chi connectivity index (χ2n) is 5.83. The Labute approximate surface area is 127 Å². The minimum Gasteiger partial charge on any atom is -0.314 e. The van der Waals surface area contributed by atoms with E-state index in [1.54, 1.807) is 0 Å². The van der Waals surface area contributed by atoms with Gasteiger partial charge in [-0.25, -0.2) is 0 Å². The van der Waals surface area contributed by atoms with Crippen LogP contribution in [0.2, 0.25) is 0 Å². The molecule has 2 heteroatoms. The molecule has 1 N–H and O–H groups in total. The first-order chi connectivity index (χ1) is 10.4. The molecule has 21 heavy (non-hydrogen) atoms. The van der Waals surface area contributed by atoms with Gasteiger partial charge in [-0.1, -0.05) is 54.6 Å². The highest BCUT2D eigenvalue weighted by Crippen LogP contribution is 2.12. The molecule has 2 aromatic carbocycles. The van der Waals surface area contributed by atoms with Gasteiger partial charge in [0.05, 0.1) is 0 Å². The summed E-state index contributed by atoms with van der Waals surface area (Å²) in [5, 5.41) is 3.41. The van der Waals surface area contributed by atoms with Gasteiger partial charge in [-0.3, -0.25) is 4.90 Å². The molecular formula is C19H24N2. The van der Waals surface area contributed by atoms with Gasteiger partial charge in [0.15, 0.2) is 0 Å². The maximum atomic E-state index is 3.41. The van der Waals surface area contributed by atoms with Crippen LogP contribution in [0.15, 0.2) is 54.6 Å². The first-order valence-electron chi connectivity index (χ1n) is 7.95. The molecule has 0 saturated carbocycles. The van der Waals surface area contributed by atoms with Crippen molar-refractivity contribution >= 4 is 0 Å². The third-order valence-electron chi connectivity index (χ3n) is 4.15. The molecule has 0 spiro atoms. The largest absolute Gasteiger partial charge is 0.314 e. The van der Waals surface area contributed by atoms with Gasteiger partial charge < -0.3 is 5.32 Å². The number of hydrogen-bond donors (Lipinski definition) is 1. The van der Waals surface area contributed by atoms with Gasteiger partial charge in [-0.2, -0.15) is 0 Å². The van der Waals surface area contributed by atoms with E-state index in [4.69, 9.17) is 0 Å². The molecule has 1 heterocycles. The van der Waals surface area contributed by atoms with E-state index in [2.05, 4.69) is 64.8 Å². The summed E-state index contributed by atoms with van der Waals surface area (Å²) in [5.41, 5.74) is 4.32. The minimum absolute atomic E-state index is 1.08. The van der Waals surface area contributed by atoms with Crippen LogP contribution in [-0.4, -0.2) is 31.1 Å². The Morgan fingerprint density at radius 1 is 0.762 bits per heavy atom. The molecule has 2 aromatic rings. The molecule has 1 fully saturated rings. The zero-order chi connectivity index (χ0) is 14.3. The molecule has 0 aromatic heterocycles. The van der Waals surface area contributed by atoms with Crippen LogP contribution in [0.4, 0.5) is 0 Å². The third-order valence-corrected chi connectivity index (χ3v) is 4.15. The molecule has 110 valence electrons.